The molecule has 18 heteroatoms. The SMILES string of the molecule is CC(C)[C@H](NC(=O)CNC(=O)[C@H](Cc1ccc(N=Nc2ccccc2)cc1)NC(=O)CNC(=O)OC(C)(C)C)C(=O)N1CCC[C@H]1C(=O)Oc1ccc([N+](=O)[O-])cc1. The van der Waals surface area contributed by atoms with Gasteiger partial charge in [0.15, 0.2) is 0 Å². The van der Waals surface area contributed by atoms with Crippen molar-refractivity contribution in [3.63, 3.8) is 0 Å². The molecule has 0 unspecified atom stereocenters. The van der Waals surface area contributed by atoms with E-state index >= 15 is 0 Å². The van der Waals surface area contributed by atoms with Crippen LogP contribution in [0.25, 0.3) is 0 Å². The summed E-state index contributed by atoms with van der Waals surface area (Å²) in [6.07, 6.45) is -0.00728. The number of rotatable bonds is 16. The first-order chi connectivity index (χ1) is 27.5. The zero-order chi connectivity index (χ0) is 42.4. The number of carbonyl (C=O) groups excluding carboxylic acids is 6. The molecule has 1 fully saturated rings. The standard InChI is InChI=1S/C40H48N8O10/c1-25(2)35(37(52)47-21-9-12-32(47)38(53)57-30-19-17-29(18-20-30)48(55)56)44-34(50)23-41-36(51)31(43-33(49)24-42-39(54)58-40(3,4)5)22-26-13-15-28(16-14-26)46-45-27-10-7-6-8-11-27/h6-8,10-11,13-20,25,31-32,35H,9,12,21-24H2,1-5H3,(H,41,51)(H,42,54)(H,43,49)(H,44,50)/t31-,32-,35-/m0/s1. The Morgan fingerprint density at radius 3 is 2.05 bits per heavy atom. The molecule has 0 spiro atoms. The molecule has 3 aromatic rings. The van der Waals surface area contributed by atoms with Crippen LogP contribution in [0.5, 0.6) is 5.75 Å². The van der Waals surface area contributed by atoms with Crippen molar-refractivity contribution in [2.24, 2.45) is 16.1 Å². The zero-order valence-corrected chi connectivity index (χ0v) is 32.9. The second kappa shape index (κ2) is 20.4. The molecule has 1 heterocycles. The van der Waals surface area contributed by atoms with E-state index in [1.54, 1.807) is 71.0 Å². The average Bonchev–Trinajstić information content (AvgIpc) is 3.68. The number of carbonyl (C=O) groups is 6. The molecule has 4 rings (SSSR count). The zero-order valence-electron chi connectivity index (χ0n) is 32.9. The first-order valence-electron chi connectivity index (χ1n) is 18.6. The third-order valence-electron chi connectivity index (χ3n) is 8.60. The van der Waals surface area contributed by atoms with Gasteiger partial charge in [0.25, 0.3) is 5.69 Å². The van der Waals surface area contributed by atoms with Crippen LogP contribution in [-0.2, 0) is 35.1 Å². The first kappa shape index (κ1) is 44.0. The van der Waals surface area contributed by atoms with E-state index in [2.05, 4.69) is 31.5 Å². The number of nitrogens with zero attached hydrogens (tertiary/aromatic N) is 4. The Morgan fingerprint density at radius 1 is 0.845 bits per heavy atom. The summed E-state index contributed by atoms with van der Waals surface area (Å²) in [5.74, 6) is -3.69. The highest BCUT2D eigenvalue weighted by atomic mass is 16.6. The van der Waals surface area contributed by atoms with Gasteiger partial charge in [0.2, 0.25) is 23.6 Å². The van der Waals surface area contributed by atoms with Crippen LogP contribution in [0.15, 0.2) is 89.1 Å². The molecular weight excluding hydrogens is 752 g/mol. The van der Waals surface area contributed by atoms with Crippen LogP contribution in [0.3, 0.4) is 0 Å². The molecule has 3 aromatic carbocycles. The maximum atomic E-state index is 13.7. The van der Waals surface area contributed by atoms with Crippen LogP contribution in [0, 0.1) is 16.0 Å². The molecule has 0 saturated carbocycles. The Morgan fingerprint density at radius 2 is 1.45 bits per heavy atom. The van der Waals surface area contributed by atoms with Gasteiger partial charge in [-0.1, -0.05) is 44.2 Å². The number of nitro groups is 1. The summed E-state index contributed by atoms with van der Waals surface area (Å²) in [6.45, 7) is 7.63. The molecule has 4 N–H and O–H groups in total. The lowest BCUT2D eigenvalue weighted by Gasteiger charge is -2.30. The maximum absolute atomic E-state index is 13.7. The fourth-order valence-corrected chi connectivity index (χ4v) is 5.77. The highest BCUT2D eigenvalue weighted by molar-refractivity contribution is 5.94. The summed E-state index contributed by atoms with van der Waals surface area (Å²) in [6, 6.07) is 17.7. The van der Waals surface area contributed by atoms with Crippen molar-refractivity contribution in [1.29, 1.82) is 0 Å². The molecule has 0 aromatic heterocycles. The van der Waals surface area contributed by atoms with Gasteiger partial charge in [0.05, 0.1) is 22.8 Å². The molecule has 308 valence electrons. The average molecular weight is 801 g/mol. The number of benzene rings is 3. The monoisotopic (exact) mass is 800 g/mol. The van der Waals surface area contributed by atoms with Crippen LogP contribution >= 0.6 is 0 Å². The van der Waals surface area contributed by atoms with Crippen LogP contribution in [0.1, 0.15) is 53.0 Å². The highest BCUT2D eigenvalue weighted by Crippen LogP contribution is 2.24. The number of likely N-dealkylation sites (tertiary alicyclic amines) is 1. The molecule has 0 radical (unpaired) electrons. The van der Waals surface area contributed by atoms with Gasteiger partial charge < -0.3 is 35.6 Å². The topological polar surface area (TPSA) is 240 Å². The summed E-state index contributed by atoms with van der Waals surface area (Å²) >= 11 is 0. The number of ether oxygens (including phenoxy) is 2. The number of nitrogens with one attached hydrogen (secondary N) is 4. The highest BCUT2D eigenvalue weighted by Gasteiger charge is 2.40. The molecule has 5 amide bonds. The van der Waals surface area contributed by atoms with E-state index in [1.165, 1.54) is 29.2 Å². The minimum Gasteiger partial charge on any atom is -0.444 e. The van der Waals surface area contributed by atoms with Crippen molar-refractivity contribution < 1.29 is 43.2 Å². The Bertz CT molecular complexity index is 1970. The van der Waals surface area contributed by atoms with E-state index in [9.17, 15) is 38.9 Å². The molecular formula is C40H48N8O10. The lowest BCUT2D eigenvalue weighted by atomic mass is 10.0. The largest absolute Gasteiger partial charge is 0.444 e. The molecule has 0 bridgehead atoms. The fraction of sp³-hybridized carbons (Fsp3) is 0.400. The quantitative estimate of drug-likeness (QED) is 0.0523. The van der Waals surface area contributed by atoms with Gasteiger partial charge in [-0.15, -0.1) is 0 Å². The summed E-state index contributed by atoms with van der Waals surface area (Å²) in [7, 11) is 0. The molecule has 1 aliphatic heterocycles. The van der Waals surface area contributed by atoms with Crippen LogP contribution in [0.4, 0.5) is 21.9 Å². The van der Waals surface area contributed by atoms with Gasteiger partial charge in [0.1, 0.15) is 36.0 Å². The maximum Gasteiger partial charge on any atom is 0.408 e. The summed E-state index contributed by atoms with van der Waals surface area (Å²) in [5, 5.41) is 29.5. The van der Waals surface area contributed by atoms with Gasteiger partial charge >= 0.3 is 12.1 Å². The van der Waals surface area contributed by atoms with Crippen LogP contribution < -0.4 is 26.0 Å². The van der Waals surface area contributed by atoms with Crippen LogP contribution in [0.2, 0.25) is 0 Å². The number of azo groups is 1. The van der Waals surface area contributed by atoms with Gasteiger partial charge in [0, 0.05) is 25.1 Å². The number of hydrogen-bond acceptors (Lipinski definition) is 12. The molecule has 18 nitrogen and oxygen atoms in total. The Kier molecular flexibility index (Phi) is 15.5. The number of hydrogen-bond donors (Lipinski definition) is 4. The third kappa shape index (κ3) is 13.8. The van der Waals surface area contributed by atoms with Gasteiger partial charge in [-0.3, -0.25) is 29.3 Å². The predicted octanol–water partition coefficient (Wildman–Crippen LogP) is 4.42. The van der Waals surface area contributed by atoms with E-state index < -0.39 is 83.3 Å². The number of nitro benzene ring substituents is 1. The molecule has 3 atom stereocenters. The summed E-state index contributed by atoms with van der Waals surface area (Å²) in [5.41, 5.74) is 0.883. The van der Waals surface area contributed by atoms with Crippen molar-refractivity contribution in [2.75, 3.05) is 19.6 Å². The van der Waals surface area contributed by atoms with Gasteiger partial charge in [-0.2, -0.15) is 10.2 Å². The van der Waals surface area contributed by atoms with Gasteiger partial charge in [-0.25, -0.2) is 9.59 Å². The number of amides is 5. The van der Waals surface area contributed by atoms with Gasteiger partial charge in [-0.05, 0) is 81.5 Å². The number of non-ortho nitro benzene ring substituents is 1. The van der Waals surface area contributed by atoms with Crippen molar-refractivity contribution >= 4 is 52.8 Å². The molecule has 1 saturated heterocycles. The van der Waals surface area contributed by atoms with Crippen molar-refractivity contribution in [3.8, 4) is 5.75 Å². The van der Waals surface area contributed by atoms with Crippen LogP contribution in [-0.4, -0.2) is 88.9 Å². The predicted molar refractivity (Wildman–Crippen MR) is 210 cm³/mol. The van der Waals surface area contributed by atoms with Crippen molar-refractivity contribution in [3.05, 3.63) is 94.5 Å². The van der Waals surface area contributed by atoms with E-state index in [4.69, 9.17) is 9.47 Å². The van der Waals surface area contributed by atoms with E-state index in [1.807, 2.05) is 18.2 Å². The molecule has 0 aliphatic carbocycles. The second-order valence-electron chi connectivity index (χ2n) is 14.8. The summed E-state index contributed by atoms with van der Waals surface area (Å²) in [4.78, 5) is 90.3. The lowest BCUT2D eigenvalue weighted by Crippen LogP contribution is -2.56. The van der Waals surface area contributed by atoms with E-state index in [-0.39, 0.29) is 24.4 Å². The van der Waals surface area contributed by atoms with E-state index in [0.29, 0.717) is 29.8 Å². The summed E-state index contributed by atoms with van der Waals surface area (Å²) < 4.78 is 10.6. The lowest BCUT2D eigenvalue weighted by molar-refractivity contribution is -0.384. The Balaban J connectivity index is 1.39. The smallest absolute Gasteiger partial charge is 0.408 e. The molecule has 58 heavy (non-hydrogen) atoms. The Labute approximate surface area is 335 Å². The minimum absolute atomic E-state index is 0.00116. The normalized spacial score (nSPS) is 14.9. The van der Waals surface area contributed by atoms with Crippen molar-refractivity contribution in [2.45, 2.75) is 77.6 Å². The number of esters is 1. The van der Waals surface area contributed by atoms with Crippen molar-refractivity contribution in [1.82, 2.24) is 26.2 Å². The second-order valence-corrected chi connectivity index (χ2v) is 14.8. The molecule has 1 aliphatic rings. The third-order valence-corrected chi connectivity index (χ3v) is 8.60. The first-order valence-corrected chi connectivity index (χ1v) is 18.6. The Hall–Kier alpha value is -6.72. The number of alkyl carbamates (subject to hydrolysis) is 1. The minimum atomic E-state index is -1.19. The fourth-order valence-electron chi connectivity index (χ4n) is 5.77. The van der Waals surface area contributed by atoms with E-state index in [0.717, 1.165) is 0 Å².